The van der Waals surface area contributed by atoms with Gasteiger partial charge in [-0.25, -0.2) is 4.79 Å². The molecule has 0 N–H and O–H groups in total. The van der Waals surface area contributed by atoms with E-state index in [1.807, 2.05) is 26.8 Å². The van der Waals surface area contributed by atoms with E-state index in [-0.39, 0.29) is 5.97 Å². The molecule has 2 nitrogen and oxygen atoms in total. The Hall–Kier alpha value is -1.31. The lowest BCUT2D eigenvalue weighted by Gasteiger charge is -2.18. The van der Waals surface area contributed by atoms with Crippen LogP contribution >= 0.6 is 0 Å². The summed E-state index contributed by atoms with van der Waals surface area (Å²) in [7, 11) is 0. The van der Waals surface area contributed by atoms with Gasteiger partial charge in [0.05, 0.1) is 0 Å². The number of allylic oxidation sites excluding steroid dienone is 5. The average molecular weight is 306 g/mol. The number of carbonyl (C=O) groups excluding carboxylic acids is 1. The van der Waals surface area contributed by atoms with E-state index in [1.165, 1.54) is 11.1 Å². The van der Waals surface area contributed by atoms with Gasteiger partial charge in [0.2, 0.25) is 0 Å². The van der Waals surface area contributed by atoms with Gasteiger partial charge in [-0.05, 0) is 73.1 Å². The van der Waals surface area contributed by atoms with Crippen LogP contribution in [0.1, 0.15) is 74.1 Å². The monoisotopic (exact) mass is 306 g/mol. The topological polar surface area (TPSA) is 26.3 Å². The van der Waals surface area contributed by atoms with E-state index in [2.05, 4.69) is 39.8 Å². The predicted octanol–water partition coefficient (Wildman–Crippen LogP) is 5.99. The summed E-state index contributed by atoms with van der Waals surface area (Å²) in [5.41, 5.74) is 2.41. The molecule has 0 radical (unpaired) electrons. The third-order valence-corrected chi connectivity index (χ3v) is 3.17. The molecule has 0 aliphatic rings. The smallest absolute Gasteiger partial charge is 0.330 e. The van der Waals surface area contributed by atoms with Crippen LogP contribution in [0.4, 0.5) is 0 Å². The summed E-state index contributed by atoms with van der Waals surface area (Å²) >= 11 is 0. The SMILES string of the molecule is CC(C)=CCCC(C)=CCCC(C)/C=C\C(=O)OC(C)(C)C. The molecule has 0 aromatic carbocycles. The Balaban J connectivity index is 4.05. The Kier molecular flexibility index (Phi) is 9.80. The molecule has 0 aromatic rings. The molecule has 0 amide bonds. The first-order valence-electron chi connectivity index (χ1n) is 8.30. The first-order valence-corrected chi connectivity index (χ1v) is 8.30. The molecule has 0 spiro atoms. The van der Waals surface area contributed by atoms with Crippen LogP contribution in [0.25, 0.3) is 0 Å². The largest absolute Gasteiger partial charge is 0.457 e. The van der Waals surface area contributed by atoms with Crippen molar-refractivity contribution in [2.75, 3.05) is 0 Å². The summed E-state index contributed by atoms with van der Waals surface area (Å²) in [6, 6.07) is 0. The van der Waals surface area contributed by atoms with Gasteiger partial charge in [-0.15, -0.1) is 0 Å². The van der Waals surface area contributed by atoms with Crippen molar-refractivity contribution in [2.45, 2.75) is 79.8 Å². The van der Waals surface area contributed by atoms with Crippen LogP contribution in [-0.4, -0.2) is 11.6 Å². The van der Waals surface area contributed by atoms with E-state index < -0.39 is 5.60 Å². The number of esters is 1. The summed E-state index contributed by atoms with van der Waals surface area (Å²) in [5, 5.41) is 0. The summed E-state index contributed by atoms with van der Waals surface area (Å²) in [6.45, 7) is 14.2. The zero-order chi connectivity index (χ0) is 17.2. The lowest BCUT2D eigenvalue weighted by molar-refractivity contribution is -0.148. The van der Waals surface area contributed by atoms with Gasteiger partial charge in [0.15, 0.2) is 0 Å². The van der Waals surface area contributed by atoms with Crippen LogP contribution in [0.2, 0.25) is 0 Å². The Labute approximate surface area is 137 Å². The van der Waals surface area contributed by atoms with Crippen LogP contribution in [0.15, 0.2) is 35.5 Å². The van der Waals surface area contributed by atoms with Crippen LogP contribution in [0.5, 0.6) is 0 Å². The molecule has 0 bridgehead atoms. The molecule has 0 fully saturated rings. The minimum Gasteiger partial charge on any atom is -0.457 e. The molecule has 0 saturated carbocycles. The maximum absolute atomic E-state index is 11.6. The van der Waals surface area contributed by atoms with Crippen molar-refractivity contribution in [2.24, 2.45) is 5.92 Å². The maximum atomic E-state index is 11.6. The summed E-state index contributed by atoms with van der Waals surface area (Å²) < 4.78 is 5.25. The van der Waals surface area contributed by atoms with Crippen LogP contribution in [-0.2, 0) is 9.53 Å². The van der Waals surface area contributed by atoms with Gasteiger partial charge in [-0.1, -0.05) is 36.3 Å². The minimum atomic E-state index is -0.421. The summed E-state index contributed by atoms with van der Waals surface area (Å²) in [6.07, 6.45) is 12.5. The highest BCUT2D eigenvalue weighted by Gasteiger charge is 2.13. The van der Waals surface area contributed by atoms with E-state index in [9.17, 15) is 4.79 Å². The minimum absolute atomic E-state index is 0.257. The fourth-order valence-electron chi connectivity index (χ4n) is 1.96. The second-order valence-electron chi connectivity index (χ2n) is 7.32. The molecule has 0 heterocycles. The number of hydrogen-bond donors (Lipinski definition) is 0. The molecule has 1 unspecified atom stereocenters. The van der Waals surface area contributed by atoms with Crippen molar-refractivity contribution in [3.63, 3.8) is 0 Å². The Morgan fingerprint density at radius 3 is 2.27 bits per heavy atom. The van der Waals surface area contributed by atoms with Gasteiger partial charge in [0, 0.05) is 6.08 Å². The third-order valence-electron chi connectivity index (χ3n) is 3.17. The van der Waals surface area contributed by atoms with Crippen molar-refractivity contribution in [1.29, 1.82) is 0 Å². The predicted molar refractivity (Wildman–Crippen MR) is 95.8 cm³/mol. The van der Waals surface area contributed by atoms with Crippen molar-refractivity contribution in [1.82, 2.24) is 0 Å². The third kappa shape index (κ3) is 13.7. The van der Waals surface area contributed by atoms with Crippen LogP contribution < -0.4 is 0 Å². The fraction of sp³-hybridized carbons (Fsp3) is 0.650. The van der Waals surface area contributed by atoms with Gasteiger partial charge < -0.3 is 4.74 Å². The molecule has 0 rings (SSSR count). The molecule has 0 saturated heterocycles. The van der Waals surface area contributed by atoms with E-state index in [1.54, 1.807) is 6.08 Å². The highest BCUT2D eigenvalue weighted by molar-refractivity contribution is 5.82. The highest BCUT2D eigenvalue weighted by Crippen LogP contribution is 2.13. The first-order chi connectivity index (χ1) is 10.1. The molecule has 22 heavy (non-hydrogen) atoms. The second kappa shape index (κ2) is 10.4. The normalized spacial score (nSPS) is 14.0. The van der Waals surface area contributed by atoms with Crippen LogP contribution in [0.3, 0.4) is 0 Å². The maximum Gasteiger partial charge on any atom is 0.330 e. The lowest BCUT2D eigenvalue weighted by atomic mass is 10.0. The van der Waals surface area contributed by atoms with Gasteiger partial charge in [-0.2, -0.15) is 0 Å². The van der Waals surface area contributed by atoms with Crippen LogP contribution in [0, 0.1) is 5.92 Å². The second-order valence-corrected chi connectivity index (χ2v) is 7.32. The van der Waals surface area contributed by atoms with Gasteiger partial charge in [-0.3, -0.25) is 0 Å². The van der Waals surface area contributed by atoms with E-state index in [0.717, 1.165) is 25.7 Å². The quantitative estimate of drug-likeness (QED) is 0.312. The lowest BCUT2D eigenvalue weighted by Crippen LogP contribution is -2.22. The fourth-order valence-corrected chi connectivity index (χ4v) is 1.96. The van der Waals surface area contributed by atoms with Gasteiger partial charge in [0.25, 0.3) is 0 Å². The average Bonchev–Trinajstić information content (AvgIpc) is 2.34. The molecule has 0 aliphatic heterocycles. The molecule has 1 atom stereocenters. The van der Waals surface area contributed by atoms with Crippen molar-refractivity contribution in [3.8, 4) is 0 Å². The zero-order valence-electron chi connectivity index (χ0n) is 15.5. The molecule has 2 heteroatoms. The zero-order valence-corrected chi connectivity index (χ0v) is 15.5. The number of carbonyl (C=O) groups is 1. The van der Waals surface area contributed by atoms with Crippen molar-refractivity contribution in [3.05, 3.63) is 35.5 Å². The molecular formula is C20H34O2. The highest BCUT2D eigenvalue weighted by atomic mass is 16.6. The Morgan fingerprint density at radius 1 is 1.09 bits per heavy atom. The van der Waals surface area contributed by atoms with E-state index >= 15 is 0 Å². The van der Waals surface area contributed by atoms with Gasteiger partial charge in [0.1, 0.15) is 5.60 Å². The molecule has 0 aliphatic carbocycles. The molecular weight excluding hydrogens is 272 g/mol. The van der Waals surface area contributed by atoms with E-state index in [0.29, 0.717) is 5.92 Å². The number of ether oxygens (including phenoxy) is 1. The molecule has 0 aromatic heterocycles. The van der Waals surface area contributed by atoms with Crippen molar-refractivity contribution >= 4 is 5.97 Å². The van der Waals surface area contributed by atoms with Gasteiger partial charge >= 0.3 is 5.97 Å². The number of hydrogen-bond acceptors (Lipinski definition) is 2. The van der Waals surface area contributed by atoms with E-state index in [4.69, 9.17) is 4.74 Å². The number of rotatable bonds is 8. The standard InChI is InChI=1S/C20H34O2/c1-16(2)10-8-11-17(3)12-9-13-18(4)14-15-19(21)22-20(5,6)7/h10,12,14-15,18H,8-9,11,13H2,1-7H3/b15-14-,17-12?. The summed E-state index contributed by atoms with van der Waals surface area (Å²) in [4.78, 5) is 11.6. The first kappa shape index (κ1) is 20.7. The molecule has 126 valence electrons. The summed E-state index contributed by atoms with van der Waals surface area (Å²) in [5.74, 6) is 0.127. The van der Waals surface area contributed by atoms with Crippen molar-refractivity contribution < 1.29 is 9.53 Å². The Morgan fingerprint density at radius 2 is 1.73 bits per heavy atom. The Bertz CT molecular complexity index is 415.